The van der Waals surface area contributed by atoms with Crippen molar-refractivity contribution in [1.29, 1.82) is 0 Å². The van der Waals surface area contributed by atoms with E-state index in [4.69, 9.17) is 0 Å². The second kappa shape index (κ2) is 5.14. The molecule has 0 radical (unpaired) electrons. The zero-order valence-corrected chi connectivity index (χ0v) is 5.81. The Morgan fingerprint density at radius 1 is 1.60 bits per heavy atom. The zero-order valence-electron chi connectivity index (χ0n) is 5.81. The minimum absolute atomic E-state index is 0.0994. The lowest BCUT2D eigenvalue weighted by Crippen LogP contribution is -2.24. The lowest BCUT2D eigenvalue weighted by Gasteiger charge is -2.06. The highest BCUT2D eigenvalue weighted by Crippen LogP contribution is 2.03. The Morgan fingerprint density at radius 3 is 2.60 bits per heavy atom. The topological polar surface area (TPSA) is 29.1 Å². The van der Waals surface area contributed by atoms with E-state index in [9.17, 15) is 13.6 Å². The first kappa shape index (κ1) is 9.33. The summed E-state index contributed by atoms with van der Waals surface area (Å²) in [5.74, 6) is 0. The number of alkyl halides is 2. The van der Waals surface area contributed by atoms with Gasteiger partial charge in [-0.05, 0) is 6.92 Å². The van der Waals surface area contributed by atoms with E-state index >= 15 is 0 Å². The molecule has 0 heterocycles. The van der Waals surface area contributed by atoms with Crippen molar-refractivity contribution in [3.63, 3.8) is 0 Å². The number of hydrogen-bond donors (Lipinski definition) is 1. The maximum atomic E-state index is 12.4. The van der Waals surface area contributed by atoms with Gasteiger partial charge in [0.05, 0.1) is 0 Å². The van der Waals surface area contributed by atoms with Crippen molar-refractivity contribution >= 4 is 6.41 Å². The van der Waals surface area contributed by atoms with Crippen LogP contribution in [0.15, 0.2) is 0 Å². The summed E-state index contributed by atoms with van der Waals surface area (Å²) in [5, 5.41) is 2.13. The van der Waals surface area contributed by atoms with E-state index < -0.39 is 12.3 Å². The Kier molecular flexibility index (Phi) is 4.80. The van der Waals surface area contributed by atoms with Gasteiger partial charge in [-0.3, -0.25) is 4.79 Å². The van der Waals surface area contributed by atoms with Crippen LogP contribution in [-0.4, -0.2) is 25.3 Å². The molecule has 0 fully saturated rings. The van der Waals surface area contributed by atoms with Gasteiger partial charge >= 0.3 is 0 Å². The SMILES string of the molecule is CC(F)CC(F)CNC=O. The van der Waals surface area contributed by atoms with Gasteiger partial charge in [0.15, 0.2) is 0 Å². The first-order chi connectivity index (χ1) is 4.66. The number of halogens is 2. The highest BCUT2D eigenvalue weighted by molar-refractivity contribution is 5.45. The third kappa shape index (κ3) is 5.47. The van der Waals surface area contributed by atoms with Crippen molar-refractivity contribution in [2.24, 2.45) is 0 Å². The molecule has 0 saturated carbocycles. The molecule has 0 rings (SSSR count). The van der Waals surface area contributed by atoms with Gasteiger partial charge in [0.2, 0.25) is 6.41 Å². The molecule has 4 heteroatoms. The molecule has 60 valence electrons. The molecule has 2 unspecified atom stereocenters. The van der Waals surface area contributed by atoms with E-state index in [-0.39, 0.29) is 13.0 Å². The number of carbonyl (C=O) groups excluding carboxylic acids is 1. The number of amides is 1. The Bertz CT molecular complexity index is 97.7. The predicted octanol–water partition coefficient (Wildman–Crippen LogP) is 0.819. The molecule has 0 saturated heterocycles. The summed E-state index contributed by atoms with van der Waals surface area (Å²) in [6.07, 6.45) is -2.18. The van der Waals surface area contributed by atoms with Crippen molar-refractivity contribution < 1.29 is 13.6 Å². The van der Waals surface area contributed by atoms with Gasteiger partial charge in [-0.15, -0.1) is 0 Å². The smallest absolute Gasteiger partial charge is 0.207 e. The van der Waals surface area contributed by atoms with E-state index in [2.05, 4.69) is 5.32 Å². The molecule has 2 nitrogen and oxygen atoms in total. The van der Waals surface area contributed by atoms with Crippen LogP contribution in [0.5, 0.6) is 0 Å². The summed E-state index contributed by atoms with van der Waals surface area (Å²) in [7, 11) is 0. The summed E-state index contributed by atoms with van der Waals surface area (Å²) in [4.78, 5) is 9.62. The van der Waals surface area contributed by atoms with Crippen LogP contribution in [0.25, 0.3) is 0 Å². The molecule has 0 bridgehead atoms. The lowest BCUT2D eigenvalue weighted by molar-refractivity contribution is -0.109. The minimum Gasteiger partial charge on any atom is -0.356 e. The van der Waals surface area contributed by atoms with Crippen LogP contribution >= 0.6 is 0 Å². The molecule has 10 heavy (non-hydrogen) atoms. The van der Waals surface area contributed by atoms with E-state index in [0.717, 1.165) is 0 Å². The highest BCUT2D eigenvalue weighted by Gasteiger charge is 2.09. The van der Waals surface area contributed by atoms with E-state index in [0.29, 0.717) is 6.41 Å². The fourth-order valence-electron chi connectivity index (χ4n) is 0.612. The standard InChI is InChI=1S/C6H11F2NO/c1-5(7)2-6(8)3-9-4-10/h4-6H,2-3H2,1H3,(H,9,10). The molecule has 1 amide bonds. The molecule has 2 atom stereocenters. The fraction of sp³-hybridized carbons (Fsp3) is 0.833. The fourth-order valence-corrected chi connectivity index (χ4v) is 0.612. The van der Waals surface area contributed by atoms with E-state index in [1.807, 2.05) is 0 Å². The summed E-state index contributed by atoms with van der Waals surface area (Å²) >= 11 is 0. The molecule has 0 aliphatic heterocycles. The predicted molar refractivity (Wildman–Crippen MR) is 34.1 cm³/mol. The van der Waals surface area contributed by atoms with Gasteiger partial charge in [-0.2, -0.15) is 0 Å². The molecule has 1 N–H and O–H groups in total. The van der Waals surface area contributed by atoms with Gasteiger partial charge < -0.3 is 5.32 Å². The summed E-state index contributed by atoms with van der Waals surface area (Å²) in [6, 6.07) is 0. The summed E-state index contributed by atoms with van der Waals surface area (Å²) in [6.45, 7) is 1.19. The van der Waals surface area contributed by atoms with Gasteiger partial charge in [0.1, 0.15) is 12.3 Å². The minimum atomic E-state index is -1.27. The van der Waals surface area contributed by atoms with Gasteiger partial charge in [-0.1, -0.05) is 0 Å². The molecule has 0 spiro atoms. The van der Waals surface area contributed by atoms with Crippen LogP contribution < -0.4 is 5.32 Å². The Labute approximate surface area is 58.6 Å². The normalized spacial score (nSPS) is 15.9. The van der Waals surface area contributed by atoms with Crippen LogP contribution in [0, 0.1) is 0 Å². The molecule has 0 aliphatic carbocycles. The van der Waals surface area contributed by atoms with Crippen LogP contribution in [0.4, 0.5) is 8.78 Å². The second-order valence-corrected chi connectivity index (χ2v) is 2.14. The van der Waals surface area contributed by atoms with E-state index in [1.165, 1.54) is 6.92 Å². The Hall–Kier alpha value is -0.670. The van der Waals surface area contributed by atoms with Gasteiger partial charge in [0, 0.05) is 13.0 Å². The average Bonchev–Trinajstić information content (AvgIpc) is 1.82. The third-order valence-corrected chi connectivity index (χ3v) is 1.00. The van der Waals surface area contributed by atoms with Crippen LogP contribution in [-0.2, 0) is 4.79 Å². The molecule has 0 aromatic heterocycles. The van der Waals surface area contributed by atoms with Crippen LogP contribution in [0.2, 0.25) is 0 Å². The van der Waals surface area contributed by atoms with Crippen LogP contribution in [0.1, 0.15) is 13.3 Å². The number of hydrogen-bond acceptors (Lipinski definition) is 1. The average molecular weight is 151 g/mol. The third-order valence-electron chi connectivity index (χ3n) is 1.00. The highest BCUT2D eigenvalue weighted by atomic mass is 19.1. The van der Waals surface area contributed by atoms with Gasteiger partial charge in [-0.25, -0.2) is 8.78 Å². The zero-order chi connectivity index (χ0) is 7.98. The van der Waals surface area contributed by atoms with Crippen molar-refractivity contribution in [1.82, 2.24) is 5.32 Å². The molecule has 0 aromatic carbocycles. The number of nitrogens with one attached hydrogen (secondary N) is 1. The number of rotatable bonds is 5. The largest absolute Gasteiger partial charge is 0.356 e. The molecule has 0 aliphatic rings. The van der Waals surface area contributed by atoms with Crippen molar-refractivity contribution in [2.45, 2.75) is 25.7 Å². The van der Waals surface area contributed by atoms with Crippen molar-refractivity contribution in [3.8, 4) is 0 Å². The Morgan fingerprint density at radius 2 is 2.20 bits per heavy atom. The molecular formula is C6H11F2NO. The monoisotopic (exact) mass is 151 g/mol. The van der Waals surface area contributed by atoms with Crippen molar-refractivity contribution in [2.75, 3.05) is 6.54 Å². The summed E-state index contributed by atoms with van der Waals surface area (Å²) in [5.41, 5.74) is 0. The summed E-state index contributed by atoms with van der Waals surface area (Å²) < 4.78 is 24.4. The van der Waals surface area contributed by atoms with Crippen LogP contribution in [0.3, 0.4) is 0 Å². The second-order valence-electron chi connectivity index (χ2n) is 2.14. The quantitative estimate of drug-likeness (QED) is 0.579. The first-order valence-corrected chi connectivity index (χ1v) is 3.12. The Balaban J connectivity index is 3.24. The molecular weight excluding hydrogens is 140 g/mol. The lowest BCUT2D eigenvalue weighted by atomic mass is 10.2. The molecule has 0 aromatic rings. The first-order valence-electron chi connectivity index (χ1n) is 3.12. The maximum Gasteiger partial charge on any atom is 0.207 e. The van der Waals surface area contributed by atoms with Crippen molar-refractivity contribution in [3.05, 3.63) is 0 Å². The van der Waals surface area contributed by atoms with E-state index in [1.54, 1.807) is 0 Å². The maximum absolute atomic E-state index is 12.4. The number of carbonyl (C=O) groups is 1. The van der Waals surface area contributed by atoms with Gasteiger partial charge in [0.25, 0.3) is 0 Å².